The molecular weight excluding hydrogens is 462 g/mol. The molecule has 0 aliphatic rings. The van der Waals surface area contributed by atoms with Gasteiger partial charge in [-0.05, 0) is 50.3 Å². The lowest BCUT2D eigenvalue weighted by atomic mass is 10.1. The van der Waals surface area contributed by atoms with Crippen molar-refractivity contribution in [3.05, 3.63) is 65.7 Å². The van der Waals surface area contributed by atoms with Crippen LogP contribution in [0.5, 0.6) is 0 Å². The van der Waals surface area contributed by atoms with E-state index < -0.39 is 16.1 Å². The van der Waals surface area contributed by atoms with Crippen molar-refractivity contribution in [2.24, 2.45) is 0 Å². The summed E-state index contributed by atoms with van der Waals surface area (Å²) in [4.78, 5) is 28.1. The van der Waals surface area contributed by atoms with E-state index in [4.69, 9.17) is 0 Å². The molecule has 2 atom stereocenters. The number of anilines is 1. The van der Waals surface area contributed by atoms with Gasteiger partial charge in [0.1, 0.15) is 6.04 Å². The summed E-state index contributed by atoms with van der Waals surface area (Å²) in [6.45, 7) is 8.21. The van der Waals surface area contributed by atoms with Crippen molar-refractivity contribution < 1.29 is 18.0 Å². The van der Waals surface area contributed by atoms with Crippen LogP contribution in [0.25, 0.3) is 0 Å². The number of para-hydroxylation sites is 1. The van der Waals surface area contributed by atoms with Crippen molar-refractivity contribution in [3.8, 4) is 0 Å². The Morgan fingerprint density at radius 2 is 1.60 bits per heavy atom. The molecule has 2 aromatic carbocycles. The van der Waals surface area contributed by atoms with Crippen molar-refractivity contribution in [2.75, 3.05) is 17.1 Å². The Morgan fingerprint density at radius 1 is 0.971 bits per heavy atom. The van der Waals surface area contributed by atoms with Gasteiger partial charge >= 0.3 is 0 Å². The number of rotatable bonds is 13. The molecule has 2 aromatic rings. The number of hydrogen-bond donors (Lipinski definition) is 1. The SMILES string of the molecule is CC[C@@H](C)NC(=O)[C@H](CC)N(Cc1ccccc1)C(=O)CCCN(c1ccccc1C)S(C)(=O)=O. The third kappa shape index (κ3) is 8.38. The zero-order valence-corrected chi connectivity index (χ0v) is 22.3. The molecule has 0 spiro atoms. The van der Waals surface area contributed by atoms with Crippen molar-refractivity contribution >= 4 is 27.5 Å². The molecule has 0 unspecified atom stereocenters. The number of carbonyl (C=O) groups is 2. The Balaban J connectivity index is 2.20. The third-order valence-corrected chi connectivity index (χ3v) is 7.30. The largest absolute Gasteiger partial charge is 0.352 e. The normalized spacial score (nSPS) is 13.1. The average Bonchev–Trinajstić information content (AvgIpc) is 2.82. The quantitative estimate of drug-likeness (QED) is 0.444. The number of aryl methyl sites for hydroxylation is 1. The maximum absolute atomic E-state index is 13.4. The van der Waals surface area contributed by atoms with Crippen LogP contribution in [0, 0.1) is 6.92 Å². The highest BCUT2D eigenvalue weighted by Crippen LogP contribution is 2.23. The van der Waals surface area contributed by atoms with Crippen LogP contribution in [0.4, 0.5) is 5.69 Å². The topological polar surface area (TPSA) is 86.8 Å². The van der Waals surface area contributed by atoms with Crippen molar-refractivity contribution in [3.63, 3.8) is 0 Å². The first-order chi connectivity index (χ1) is 16.6. The lowest BCUT2D eigenvalue weighted by Gasteiger charge is -2.32. The van der Waals surface area contributed by atoms with Crippen LogP contribution in [-0.2, 0) is 26.2 Å². The molecule has 0 aliphatic carbocycles. The predicted octanol–water partition coefficient (Wildman–Crippen LogP) is 4.26. The highest BCUT2D eigenvalue weighted by atomic mass is 32.2. The van der Waals surface area contributed by atoms with E-state index in [2.05, 4.69) is 5.32 Å². The van der Waals surface area contributed by atoms with Gasteiger partial charge in [0.2, 0.25) is 21.8 Å². The molecule has 0 radical (unpaired) electrons. The highest BCUT2D eigenvalue weighted by Gasteiger charge is 2.29. The molecule has 0 aliphatic heterocycles. The summed E-state index contributed by atoms with van der Waals surface area (Å²) in [5, 5.41) is 3.00. The lowest BCUT2D eigenvalue weighted by Crippen LogP contribution is -2.50. The van der Waals surface area contributed by atoms with Crippen LogP contribution >= 0.6 is 0 Å². The van der Waals surface area contributed by atoms with Crippen LogP contribution < -0.4 is 9.62 Å². The molecule has 2 rings (SSSR count). The molecule has 1 N–H and O–H groups in total. The number of amides is 2. The molecule has 7 nitrogen and oxygen atoms in total. The fourth-order valence-corrected chi connectivity index (χ4v) is 4.99. The minimum Gasteiger partial charge on any atom is -0.352 e. The molecular formula is C27H39N3O4S. The van der Waals surface area contributed by atoms with Gasteiger partial charge in [0, 0.05) is 25.6 Å². The zero-order valence-electron chi connectivity index (χ0n) is 21.5. The molecule has 0 saturated heterocycles. The highest BCUT2D eigenvalue weighted by molar-refractivity contribution is 7.92. The molecule has 0 bridgehead atoms. The van der Waals surface area contributed by atoms with Crippen molar-refractivity contribution in [2.45, 2.75) is 72.0 Å². The summed E-state index contributed by atoms with van der Waals surface area (Å²) >= 11 is 0. The monoisotopic (exact) mass is 501 g/mol. The molecule has 0 aromatic heterocycles. The molecule has 192 valence electrons. The van der Waals surface area contributed by atoms with E-state index >= 15 is 0 Å². The predicted molar refractivity (Wildman–Crippen MR) is 142 cm³/mol. The number of nitrogens with one attached hydrogen (secondary N) is 1. The Bertz CT molecular complexity index is 1070. The van der Waals surface area contributed by atoms with Crippen LogP contribution in [0.1, 0.15) is 57.6 Å². The molecule has 0 fully saturated rings. The smallest absolute Gasteiger partial charge is 0.243 e. The van der Waals surface area contributed by atoms with Crippen LogP contribution in [0.2, 0.25) is 0 Å². The maximum Gasteiger partial charge on any atom is 0.243 e. The Hall–Kier alpha value is -2.87. The first kappa shape index (κ1) is 28.4. The first-order valence-corrected chi connectivity index (χ1v) is 14.1. The van der Waals surface area contributed by atoms with Gasteiger partial charge in [-0.2, -0.15) is 0 Å². The molecule has 8 heteroatoms. The summed E-state index contributed by atoms with van der Waals surface area (Å²) in [5.74, 6) is -0.331. The first-order valence-electron chi connectivity index (χ1n) is 12.3. The van der Waals surface area contributed by atoms with Gasteiger partial charge in [-0.15, -0.1) is 0 Å². The van der Waals surface area contributed by atoms with E-state index in [0.29, 0.717) is 25.1 Å². The minimum atomic E-state index is -3.51. The van der Waals surface area contributed by atoms with Gasteiger partial charge in [0.25, 0.3) is 0 Å². The lowest BCUT2D eigenvalue weighted by molar-refractivity contribution is -0.141. The van der Waals surface area contributed by atoms with Gasteiger partial charge in [-0.25, -0.2) is 8.42 Å². The van der Waals surface area contributed by atoms with Gasteiger partial charge in [0.15, 0.2) is 0 Å². The van der Waals surface area contributed by atoms with E-state index in [1.165, 1.54) is 10.6 Å². The molecule has 0 saturated carbocycles. The Labute approximate surface area is 210 Å². The second-order valence-electron chi connectivity index (χ2n) is 8.97. The summed E-state index contributed by atoms with van der Waals surface area (Å²) < 4.78 is 26.3. The minimum absolute atomic E-state index is 0.0164. The molecule has 0 heterocycles. The van der Waals surface area contributed by atoms with Crippen LogP contribution in [0.15, 0.2) is 54.6 Å². The van der Waals surface area contributed by atoms with Crippen molar-refractivity contribution in [1.29, 1.82) is 0 Å². The van der Waals surface area contributed by atoms with E-state index in [-0.39, 0.29) is 30.8 Å². The Kier molecular flexibility index (Phi) is 10.8. The van der Waals surface area contributed by atoms with Gasteiger partial charge in [0.05, 0.1) is 11.9 Å². The Morgan fingerprint density at radius 3 is 2.17 bits per heavy atom. The van der Waals surface area contributed by atoms with Gasteiger partial charge in [-0.1, -0.05) is 62.4 Å². The summed E-state index contributed by atoms with van der Waals surface area (Å²) in [7, 11) is -3.51. The number of benzene rings is 2. The van der Waals surface area contributed by atoms with Gasteiger partial charge < -0.3 is 10.2 Å². The van der Waals surface area contributed by atoms with E-state index in [0.717, 1.165) is 17.5 Å². The summed E-state index contributed by atoms with van der Waals surface area (Å²) in [6.07, 6.45) is 2.94. The van der Waals surface area contributed by atoms with Crippen LogP contribution in [-0.4, -0.2) is 50.0 Å². The number of carbonyl (C=O) groups excluding carboxylic acids is 2. The van der Waals surface area contributed by atoms with Crippen LogP contribution in [0.3, 0.4) is 0 Å². The second kappa shape index (κ2) is 13.3. The van der Waals surface area contributed by atoms with Gasteiger partial charge in [-0.3, -0.25) is 13.9 Å². The third-order valence-electron chi connectivity index (χ3n) is 6.12. The van der Waals surface area contributed by atoms with E-state index in [1.54, 1.807) is 17.0 Å². The maximum atomic E-state index is 13.4. The number of sulfonamides is 1. The van der Waals surface area contributed by atoms with E-state index in [9.17, 15) is 18.0 Å². The molecule has 2 amide bonds. The molecule has 35 heavy (non-hydrogen) atoms. The summed E-state index contributed by atoms with van der Waals surface area (Å²) in [6, 6.07) is 16.3. The fraction of sp³-hybridized carbons (Fsp3) is 0.481. The zero-order chi connectivity index (χ0) is 26.0. The standard InChI is InChI=1S/C27H39N3O4S/c1-6-22(4)28-27(32)24(7-2)29(20-23-15-9-8-10-16-23)26(31)18-13-19-30(35(5,33)34)25-17-12-11-14-21(25)3/h8-12,14-17,22,24H,6-7,13,18-20H2,1-5H3,(H,28,32)/t22-,24+/m1/s1. The second-order valence-corrected chi connectivity index (χ2v) is 10.9. The summed E-state index contributed by atoms with van der Waals surface area (Å²) in [5.41, 5.74) is 2.40. The fourth-order valence-electron chi connectivity index (χ4n) is 3.97. The van der Waals surface area contributed by atoms with Crippen molar-refractivity contribution in [1.82, 2.24) is 10.2 Å². The number of hydrogen-bond acceptors (Lipinski definition) is 4. The average molecular weight is 502 g/mol. The number of nitrogens with zero attached hydrogens (tertiary/aromatic N) is 2. The van der Waals surface area contributed by atoms with E-state index in [1.807, 2.05) is 70.2 Å².